The van der Waals surface area contributed by atoms with E-state index < -0.39 is 0 Å². The molecule has 3 aromatic heterocycles. The molecule has 0 saturated carbocycles. The molecule has 6 rings (SSSR count). The topological polar surface area (TPSA) is 89.9 Å². The molecule has 3 aliphatic rings. The van der Waals surface area contributed by atoms with E-state index in [1.54, 1.807) is 17.7 Å². The largest absolute Gasteiger partial charge is 0.378 e. The van der Waals surface area contributed by atoms with Crippen LogP contribution in [-0.2, 0) is 32.0 Å². The van der Waals surface area contributed by atoms with E-state index in [0.717, 1.165) is 56.4 Å². The van der Waals surface area contributed by atoms with Crippen LogP contribution in [0.3, 0.4) is 0 Å². The van der Waals surface area contributed by atoms with Gasteiger partial charge in [0.15, 0.2) is 0 Å². The van der Waals surface area contributed by atoms with Gasteiger partial charge in [-0.25, -0.2) is 15.0 Å². The number of hydrogen-bond donors (Lipinski definition) is 0. The summed E-state index contributed by atoms with van der Waals surface area (Å²) in [6.07, 6.45) is 2.41. The first kappa shape index (κ1) is 23.4. The van der Waals surface area contributed by atoms with Crippen LogP contribution in [0.25, 0.3) is 20.4 Å². The van der Waals surface area contributed by atoms with Crippen molar-refractivity contribution in [3.8, 4) is 0 Å². The van der Waals surface area contributed by atoms with E-state index in [1.807, 2.05) is 4.90 Å². The highest BCUT2D eigenvalue weighted by atomic mass is 32.2. The molecule has 0 spiro atoms. The maximum absolute atomic E-state index is 12.7. The number of morpholine rings is 2. The first-order valence-corrected chi connectivity index (χ1v) is 13.8. The maximum Gasteiger partial charge on any atom is 0.233 e. The standard InChI is InChI=1S/C24H29N5O4S2/c1-24(2)11-15-16(12-33-24)21(29-5-9-32-10-6-29)27-22-18(15)19-20(35-22)23(26-14-25-19)34-13-17(30)28-3-7-31-8-4-28/h14H,3-13H2,1-2H3. The highest BCUT2D eigenvalue weighted by Gasteiger charge is 2.33. The van der Waals surface area contributed by atoms with Gasteiger partial charge in [-0.15, -0.1) is 11.3 Å². The average Bonchev–Trinajstić information content (AvgIpc) is 3.26. The Bertz CT molecular complexity index is 1270. The van der Waals surface area contributed by atoms with Crippen molar-refractivity contribution in [2.45, 2.75) is 37.5 Å². The zero-order valence-corrected chi connectivity index (χ0v) is 21.7. The number of hydrogen-bond acceptors (Lipinski definition) is 10. The summed E-state index contributed by atoms with van der Waals surface area (Å²) in [5.41, 5.74) is 3.11. The van der Waals surface area contributed by atoms with E-state index in [0.29, 0.717) is 51.9 Å². The number of amides is 1. The second-order valence-electron chi connectivity index (χ2n) is 9.64. The van der Waals surface area contributed by atoms with E-state index in [9.17, 15) is 4.79 Å². The van der Waals surface area contributed by atoms with Gasteiger partial charge < -0.3 is 24.0 Å². The van der Waals surface area contributed by atoms with Crippen LogP contribution in [0.4, 0.5) is 5.82 Å². The van der Waals surface area contributed by atoms with E-state index in [2.05, 4.69) is 23.7 Å². The Labute approximate surface area is 212 Å². The fraction of sp³-hybridized carbons (Fsp3) is 0.583. The molecular weight excluding hydrogens is 486 g/mol. The lowest BCUT2D eigenvalue weighted by atomic mass is 9.90. The number of aromatic nitrogens is 3. The van der Waals surface area contributed by atoms with Crippen molar-refractivity contribution in [3.63, 3.8) is 0 Å². The maximum atomic E-state index is 12.7. The van der Waals surface area contributed by atoms with Crippen LogP contribution < -0.4 is 4.90 Å². The van der Waals surface area contributed by atoms with E-state index in [4.69, 9.17) is 24.2 Å². The molecule has 186 valence electrons. The third-order valence-electron chi connectivity index (χ3n) is 6.78. The molecule has 0 aromatic carbocycles. The second-order valence-corrected chi connectivity index (χ2v) is 11.6. The number of rotatable bonds is 4. The third-order valence-corrected chi connectivity index (χ3v) is 8.96. The number of thiophene rings is 1. The van der Waals surface area contributed by atoms with Crippen molar-refractivity contribution in [2.24, 2.45) is 0 Å². The Morgan fingerprint density at radius 3 is 2.60 bits per heavy atom. The van der Waals surface area contributed by atoms with Gasteiger partial charge in [0.1, 0.15) is 22.0 Å². The minimum absolute atomic E-state index is 0.121. The van der Waals surface area contributed by atoms with Gasteiger partial charge in [0, 0.05) is 43.5 Å². The molecule has 6 heterocycles. The fourth-order valence-electron chi connectivity index (χ4n) is 4.94. The SMILES string of the molecule is CC1(C)Cc2c(c(N3CCOCC3)nc3sc4c(SCC(=O)N5CCOCC5)ncnc4c23)CO1. The summed E-state index contributed by atoms with van der Waals surface area (Å²) in [5.74, 6) is 1.48. The van der Waals surface area contributed by atoms with E-state index in [-0.39, 0.29) is 11.5 Å². The molecule has 0 atom stereocenters. The molecule has 0 unspecified atom stereocenters. The number of anilines is 1. The Morgan fingerprint density at radius 1 is 1.09 bits per heavy atom. The van der Waals surface area contributed by atoms with Gasteiger partial charge in [-0.2, -0.15) is 0 Å². The van der Waals surface area contributed by atoms with Crippen molar-refractivity contribution in [2.75, 3.05) is 63.3 Å². The second kappa shape index (κ2) is 9.44. The summed E-state index contributed by atoms with van der Waals surface area (Å²) in [6, 6.07) is 0. The van der Waals surface area contributed by atoms with Gasteiger partial charge in [-0.3, -0.25) is 4.79 Å². The number of thioether (sulfide) groups is 1. The number of pyridine rings is 1. The van der Waals surface area contributed by atoms with E-state index in [1.165, 1.54) is 17.3 Å². The monoisotopic (exact) mass is 515 g/mol. The lowest BCUT2D eigenvalue weighted by molar-refractivity contribution is -0.132. The fourth-order valence-corrected chi connectivity index (χ4v) is 7.07. The van der Waals surface area contributed by atoms with Gasteiger partial charge in [0.25, 0.3) is 0 Å². The zero-order valence-electron chi connectivity index (χ0n) is 20.0. The number of fused-ring (bicyclic) bond motifs is 5. The molecule has 2 saturated heterocycles. The predicted octanol–water partition coefficient (Wildman–Crippen LogP) is 2.88. The summed E-state index contributed by atoms with van der Waals surface area (Å²) < 4.78 is 18.2. The quantitative estimate of drug-likeness (QED) is 0.384. The number of carbonyl (C=O) groups is 1. The predicted molar refractivity (Wildman–Crippen MR) is 136 cm³/mol. The lowest BCUT2D eigenvalue weighted by Gasteiger charge is -2.36. The molecule has 0 aliphatic carbocycles. The Morgan fingerprint density at radius 2 is 1.83 bits per heavy atom. The lowest BCUT2D eigenvalue weighted by Crippen LogP contribution is -2.41. The molecule has 0 N–H and O–H groups in total. The molecule has 0 radical (unpaired) electrons. The molecule has 11 heteroatoms. The van der Waals surface area contributed by atoms with E-state index >= 15 is 0 Å². The highest BCUT2D eigenvalue weighted by Crippen LogP contribution is 2.44. The van der Waals surface area contributed by atoms with Crippen LogP contribution in [-0.4, -0.2) is 89.7 Å². The highest BCUT2D eigenvalue weighted by molar-refractivity contribution is 8.00. The van der Waals surface area contributed by atoms with Crippen LogP contribution >= 0.6 is 23.1 Å². The summed E-state index contributed by atoms with van der Waals surface area (Å²) in [4.78, 5) is 32.3. The normalized spacial score (nSPS) is 20.4. The average molecular weight is 516 g/mol. The van der Waals surface area contributed by atoms with Gasteiger partial charge in [-0.05, 0) is 19.4 Å². The molecule has 9 nitrogen and oxygen atoms in total. The first-order valence-electron chi connectivity index (χ1n) is 12.0. The van der Waals surface area contributed by atoms with Gasteiger partial charge in [-0.1, -0.05) is 11.8 Å². The summed E-state index contributed by atoms with van der Waals surface area (Å²) in [5, 5.41) is 1.95. The third kappa shape index (κ3) is 4.48. The Kier molecular flexibility index (Phi) is 6.30. The van der Waals surface area contributed by atoms with Crippen LogP contribution in [0.15, 0.2) is 11.4 Å². The minimum atomic E-state index is -0.257. The smallest absolute Gasteiger partial charge is 0.233 e. The molecule has 1 amide bonds. The van der Waals surface area contributed by atoms with Crippen molar-refractivity contribution < 1.29 is 19.0 Å². The molecule has 2 fully saturated rings. The minimum Gasteiger partial charge on any atom is -0.378 e. The van der Waals surface area contributed by atoms with Gasteiger partial charge >= 0.3 is 0 Å². The van der Waals surface area contributed by atoms with Crippen LogP contribution in [0.2, 0.25) is 0 Å². The number of nitrogens with zero attached hydrogens (tertiary/aromatic N) is 5. The van der Waals surface area contributed by atoms with Crippen LogP contribution in [0.1, 0.15) is 25.0 Å². The molecule has 3 aromatic rings. The summed E-state index contributed by atoms with van der Waals surface area (Å²) in [6.45, 7) is 10.4. The number of ether oxygens (including phenoxy) is 3. The number of carbonyl (C=O) groups excluding carboxylic acids is 1. The van der Waals surface area contributed by atoms with Crippen molar-refractivity contribution >= 4 is 55.3 Å². The summed E-state index contributed by atoms with van der Waals surface area (Å²) in [7, 11) is 0. The molecule has 3 aliphatic heterocycles. The summed E-state index contributed by atoms with van der Waals surface area (Å²) >= 11 is 3.11. The van der Waals surface area contributed by atoms with Crippen LogP contribution in [0.5, 0.6) is 0 Å². The van der Waals surface area contributed by atoms with Crippen molar-refractivity contribution in [1.29, 1.82) is 0 Å². The van der Waals surface area contributed by atoms with Crippen LogP contribution in [0, 0.1) is 0 Å². The zero-order chi connectivity index (χ0) is 24.0. The van der Waals surface area contributed by atoms with Crippen molar-refractivity contribution in [1.82, 2.24) is 19.9 Å². The van der Waals surface area contributed by atoms with Gasteiger partial charge in [0.2, 0.25) is 5.91 Å². The van der Waals surface area contributed by atoms with Gasteiger partial charge in [0.05, 0.1) is 54.6 Å². The molecular formula is C24H29N5O4S2. The molecule has 0 bridgehead atoms. The Balaban J connectivity index is 1.41. The Hall–Kier alpha value is -2.05. The first-order chi connectivity index (χ1) is 17.0. The van der Waals surface area contributed by atoms with Crippen molar-refractivity contribution in [3.05, 3.63) is 17.5 Å². The molecule has 35 heavy (non-hydrogen) atoms.